The Kier molecular flexibility index (Phi) is 4.30. The van der Waals surface area contributed by atoms with E-state index >= 15 is 0 Å². The van der Waals surface area contributed by atoms with Crippen molar-refractivity contribution in [1.82, 2.24) is 14.6 Å². The van der Waals surface area contributed by atoms with Gasteiger partial charge >= 0.3 is 0 Å². The highest BCUT2D eigenvalue weighted by atomic mass is 32.1. The maximum atomic E-state index is 12.8. The highest BCUT2D eigenvalue weighted by Gasteiger charge is 2.30. The third-order valence-electron chi connectivity index (χ3n) is 5.28. The highest BCUT2D eigenvalue weighted by molar-refractivity contribution is 7.10. The van der Waals surface area contributed by atoms with E-state index in [0.29, 0.717) is 18.6 Å². The maximum Gasteiger partial charge on any atom is 0.166 e. The Hall–Kier alpha value is -2.83. The van der Waals surface area contributed by atoms with Crippen LogP contribution >= 0.6 is 11.3 Å². The van der Waals surface area contributed by atoms with Gasteiger partial charge in [0.1, 0.15) is 0 Å². The summed E-state index contributed by atoms with van der Waals surface area (Å²) in [6, 6.07) is 14.3. The summed E-state index contributed by atoms with van der Waals surface area (Å²) in [4.78, 5) is 18.7. The van der Waals surface area contributed by atoms with Gasteiger partial charge in [-0.15, -0.1) is 11.3 Å². The third-order valence-corrected chi connectivity index (χ3v) is 6.31. The average Bonchev–Trinajstić information content (AvgIpc) is 3.37. The molecule has 4 aromatic rings. The zero-order chi connectivity index (χ0) is 19.1. The Morgan fingerprint density at radius 3 is 2.79 bits per heavy atom. The first-order valence-corrected chi connectivity index (χ1v) is 10.1. The molecule has 1 aliphatic rings. The first kappa shape index (κ1) is 17.3. The molecule has 3 aromatic heterocycles. The normalized spacial score (nSPS) is 16.5. The number of nitrogens with zero attached hydrogens (tertiary/aromatic N) is 3. The summed E-state index contributed by atoms with van der Waals surface area (Å²) < 4.78 is 7.26. The highest BCUT2D eigenvalue weighted by Crippen LogP contribution is 2.36. The molecular formula is C22H19N3O2S. The molecule has 0 fully saturated rings. The molecule has 5 rings (SSSR count). The second kappa shape index (κ2) is 6.96. The molecule has 1 aliphatic carbocycles. The van der Waals surface area contributed by atoms with Gasteiger partial charge in [0.15, 0.2) is 11.4 Å². The quantitative estimate of drug-likeness (QED) is 0.515. The molecule has 6 heteroatoms. The molecule has 0 spiro atoms. The molecule has 0 unspecified atom stereocenters. The van der Waals surface area contributed by atoms with E-state index < -0.39 is 0 Å². The molecule has 0 bridgehead atoms. The zero-order valence-corrected chi connectivity index (χ0v) is 16.3. The summed E-state index contributed by atoms with van der Waals surface area (Å²) in [5, 5.41) is 6.89. The SMILES string of the molecule is COCc1nn2c3c(cnc2c1-c1ccccc1)C(=O)C[C@H](c1cccs1)C3. The lowest BCUT2D eigenvalue weighted by molar-refractivity contribution is 0.0962. The van der Waals surface area contributed by atoms with Gasteiger partial charge < -0.3 is 4.74 Å². The van der Waals surface area contributed by atoms with Crippen LogP contribution in [0.5, 0.6) is 0 Å². The number of methoxy groups -OCH3 is 1. The number of carbonyl (C=O) groups is 1. The Morgan fingerprint density at radius 1 is 1.18 bits per heavy atom. The minimum Gasteiger partial charge on any atom is -0.378 e. The summed E-state index contributed by atoms with van der Waals surface area (Å²) in [5.74, 6) is 0.333. The standard InChI is InChI=1S/C22H19N3O2S/c1-27-13-17-21(14-6-3-2-4-7-14)22-23-12-16-18(25(22)24-17)10-15(11-19(16)26)20-8-5-9-28-20/h2-9,12,15H,10-11,13H2,1H3/t15-/m1/s1. The molecule has 1 atom stereocenters. The fourth-order valence-corrected chi connectivity index (χ4v) is 4.84. The van der Waals surface area contributed by atoms with Crippen molar-refractivity contribution in [3.05, 3.63) is 75.9 Å². The van der Waals surface area contributed by atoms with Gasteiger partial charge in [-0.25, -0.2) is 9.50 Å². The second-order valence-electron chi connectivity index (χ2n) is 7.02. The minimum absolute atomic E-state index is 0.138. The summed E-state index contributed by atoms with van der Waals surface area (Å²) in [6.45, 7) is 0.394. The van der Waals surface area contributed by atoms with Crippen molar-refractivity contribution in [3.8, 4) is 11.1 Å². The van der Waals surface area contributed by atoms with E-state index in [0.717, 1.165) is 34.6 Å². The van der Waals surface area contributed by atoms with Crippen LogP contribution in [0, 0.1) is 0 Å². The Morgan fingerprint density at radius 2 is 2.04 bits per heavy atom. The molecule has 0 saturated heterocycles. The smallest absolute Gasteiger partial charge is 0.166 e. The summed E-state index contributed by atoms with van der Waals surface area (Å²) in [5.41, 5.74) is 5.26. The largest absolute Gasteiger partial charge is 0.378 e. The number of Topliss-reactive ketones (excluding diaryl/α,β-unsaturated/α-hetero) is 1. The van der Waals surface area contributed by atoms with Gasteiger partial charge in [-0.1, -0.05) is 36.4 Å². The monoisotopic (exact) mass is 389 g/mol. The van der Waals surface area contributed by atoms with Crippen molar-refractivity contribution < 1.29 is 9.53 Å². The molecule has 0 amide bonds. The summed E-state index contributed by atoms with van der Waals surface area (Å²) >= 11 is 1.71. The third kappa shape index (κ3) is 2.77. The predicted molar refractivity (Wildman–Crippen MR) is 109 cm³/mol. The van der Waals surface area contributed by atoms with Crippen LogP contribution in [0.15, 0.2) is 54.0 Å². The van der Waals surface area contributed by atoms with E-state index in [-0.39, 0.29) is 11.7 Å². The second-order valence-corrected chi connectivity index (χ2v) is 8.00. The zero-order valence-electron chi connectivity index (χ0n) is 15.5. The minimum atomic E-state index is 0.138. The van der Waals surface area contributed by atoms with Crippen molar-refractivity contribution in [3.63, 3.8) is 0 Å². The Balaban J connectivity index is 1.71. The van der Waals surface area contributed by atoms with Crippen LogP contribution in [0.3, 0.4) is 0 Å². The number of aromatic nitrogens is 3. The van der Waals surface area contributed by atoms with Crippen LogP contribution in [0.25, 0.3) is 16.8 Å². The maximum absolute atomic E-state index is 12.8. The number of benzene rings is 1. The van der Waals surface area contributed by atoms with E-state index in [4.69, 9.17) is 9.84 Å². The average molecular weight is 389 g/mol. The van der Waals surface area contributed by atoms with Gasteiger partial charge in [0.2, 0.25) is 0 Å². The molecule has 5 nitrogen and oxygen atoms in total. The molecule has 0 radical (unpaired) electrons. The van der Waals surface area contributed by atoms with Crippen LogP contribution in [-0.2, 0) is 17.8 Å². The van der Waals surface area contributed by atoms with Crippen LogP contribution in [0.4, 0.5) is 0 Å². The number of rotatable bonds is 4. The van der Waals surface area contributed by atoms with Gasteiger partial charge in [0, 0.05) is 30.5 Å². The predicted octanol–water partition coefficient (Wildman–Crippen LogP) is 4.52. The number of carbonyl (C=O) groups excluding carboxylic acids is 1. The first-order valence-electron chi connectivity index (χ1n) is 9.26. The van der Waals surface area contributed by atoms with Crippen molar-refractivity contribution in [2.75, 3.05) is 7.11 Å². The number of thiophene rings is 1. The first-order chi connectivity index (χ1) is 13.8. The van der Waals surface area contributed by atoms with Crippen molar-refractivity contribution in [1.29, 1.82) is 0 Å². The van der Waals surface area contributed by atoms with Gasteiger partial charge in [-0.3, -0.25) is 4.79 Å². The molecule has 3 heterocycles. The van der Waals surface area contributed by atoms with E-state index in [9.17, 15) is 4.79 Å². The van der Waals surface area contributed by atoms with Gasteiger partial charge in [-0.2, -0.15) is 5.10 Å². The number of ether oxygens (including phenoxy) is 1. The molecule has 28 heavy (non-hydrogen) atoms. The topological polar surface area (TPSA) is 56.5 Å². The summed E-state index contributed by atoms with van der Waals surface area (Å²) in [6.07, 6.45) is 3.03. The molecular weight excluding hydrogens is 370 g/mol. The summed E-state index contributed by atoms with van der Waals surface area (Å²) in [7, 11) is 1.66. The lowest BCUT2D eigenvalue weighted by Crippen LogP contribution is -2.22. The van der Waals surface area contributed by atoms with Gasteiger partial charge in [-0.05, 0) is 23.4 Å². The fourth-order valence-electron chi connectivity index (χ4n) is 4.01. The van der Waals surface area contributed by atoms with Crippen molar-refractivity contribution in [2.24, 2.45) is 0 Å². The van der Waals surface area contributed by atoms with Crippen LogP contribution < -0.4 is 0 Å². The molecule has 0 N–H and O–H groups in total. The number of hydrogen-bond acceptors (Lipinski definition) is 5. The van der Waals surface area contributed by atoms with Gasteiger partial charge in [0.25, 0.3) is 0 Å². The van der Waals surface area contributed by atoms with E-state index in [1.54, 1.807) is 24.6 Å². The molecule has 0 saturated carbocycles. The number of hydrogen-bond donors (Lipinski definition) is 0. The van der Waals surface area contributed by atoms with Crippen molar-refractivity contribution in [2.45, 2.75) is 25.4 Å². The fraction of sp³-hybridized carbons (Fsp3) is 0.227. The van der Waals surface area contributed by atoms with Gasteiger partial charge in [0.05, 0.1) is 29.1 Å². The molecule has 140 valence electrons. The molecule has 0 aliphatic heterocycles. The Labute approximate surface area is 166 Å². The lowest BCUT2D eigenvalue weighted by atomic mass is 9.85. The van der Waals surface area contributed by atoms with Crippen molar-refractivity contribution >= 4 is 22.8 Å². The lowest BCUT2D eigenvalue weighted by Gasteiger charge is -2.23. The van der Waals surface area contributed by atoms with E-state index in [2.05, 4.69) is 28.6 Å². The number of fused-ring (bicyclic) bond motifs is 3. The molecule has 1 aromatic carbocycles. The van der Waals surface area contributed by atoms with Crippen LogP contribution in [-0.4, -0.2) is 27.5 Å². The van der Waals surface area contributed by atoms with Crippen LogP contribution in [0.2, 0.25) is 0 Å². The number of ketones is 1. The van der Waals surface area contributed by atoms with Crippen LogP contribution in [0.1, 0.15) is 39.0 Å². The Bertz CT molecular complexity index is 1150. The van der Waals surface area contributed by atoms with E-state index in [1.807, 2.05) is 28.8 Å². The van der Waals surface area contributed by atoms with E-state index in [1.165, 1.54) is 4.88 Å².